The molecule has 2 aliphatic rings. The molecule has 1 aromatic rings. The summed E-state index contributed by atoms with van der Waals surface area (Å²) in [5.74, 6) is 1.23. The van der Waals surface area contributed by atoms with Gasteiger partial charge in [-0.3, -0.25) is 9.59 Å². The Morgan fingerprint density at radius 3 is 2.50 bits per heavy atom. The number of amides is 2. The van der Waals surface area contributed by atoms with Gasteiger partial charge in [0.15, 0.2) is 6.61 Å². The van der Waals surface area contributed by atoms with Gasteiger partial charge in [-0.05, 0) is 43.9 Å². The van der Waals surface area contributed by atoms with Crippen LogP contribution in [0.4, 0.5) is 0 Å². The van der Waals surface area contributed by atoms with E-state index in [1.807, 2.05) is 41.0 Å². The summed E-state index contributed by atoms with van der Waals surface area (Å²) in [6.07, 6.45) is 6.50. The molecule has 0 aromatic heterocycles. The Bertz CT molecular complexity index is 625. The molecule has 5 heteroatoms. The molecule has 1 aromatic carbocycles. The van der Waals surface area contributed by atoms with Gasteiger partial charge in [0, 0.05) is 32.1 Å². The van der Waals surface area contributed by atoms with Crippen LogP contribution in [0.3, 0.4) is 0 Å². The first-order valence-electron chi connectivity index (χ1n) is 9.89. The molecule has 0 bridgehead atoms. The summed E-state index contributed by atoms with van der Waals surface area (Å²) >= 11 is 0. The van der Waals surface area contributed by atoms with E-state index >= 15 is 0 Å². The minimum absolute atomic E-state index is 0.00142. The largest absolute Gasteiger partial charge is 0.484 e. The molecule has 1 aliphatic carbocycles. The first-order chi connectivity index (χ1) is 12.6. The van der Waals surface area contributed by atoms with Crippen LogP contribution in [0.1, 0.15) is 44.1 Å². The third-order valence-electron chi connectivity index (χ3n) is 5.47. The van der Waals surface area contributed by atoms with Crippen LogP contribution in [0.2, 0.25) is 0 Å². The van der Waals surface area contributed by atoms with Crippen molar-refractivity contribution in [1.29, 1.82) is 0 Å². The maximum atomic E-state index is 12.7. The highest BCUT2D eigenvalue weighted by atomic mass is 16.5. The normalized spacial score (nSPS) is 19.1. The molecule has 0 radical (unpaired) electrons. The monoisotopic (exact) mass is 358 g/mol. The van der Waals surface area contributed by atoms with E-state index in [2.05, 4.69) is 0 Å². The van der Waals surface area contributed by atoms with Crippen LogP contribution < -0.4 is 4.74 Å². The van der Waals surface area contributed by atoms with Crippen LogP contribution in [0.5, 0.6) is 5.75 Å². The van der Waals surface area contributed by atoms with E-state index < -0.39 is 0 Å². The zero-order valence-electron chi connectivity index (χ0n) is 15.8. The smallest absolute Gasteiger partial charge is 0.260 e. The van der Waals surface area contributed by atoms with Gasteiger partial charge in [-0.1, -0.05) is 31.4 Å². The lowest BCUT2D eigenvalue weighted by molar-refractivity contribution is -0.137. The van der Waals surface area contributed by atoms with E-state index in [-0.39, 0.29) is 18.4 Å². The molecular formula is C21H30N2O3. The zero-order valence-corrected chi connectivity index (χ0v) is 15.8. The van der Waals surface area contributed by atoms with Crippen molar-refractivity contribution in [2.24, 2.45) is 5.92 Å². The first-order valence-corrected chi connectivity index (χ1v) is 9.89. The van der Waals surface area contributed by atoms with Crippen LogP contribution in [0.15, 0.2) is 24.3 Å². The van der Waals surface area contributed by atoms with Crippen LogP contribution in [0, 0.1) is 12.8 Å². The van der Waals surface area contributed by atoms with Crippen molar-refractivity contribution in [2.45, 2.75) is 45.4 Å². The topological polar surface area (TPSA) is 49.9 Å². The number of carbonyl (C=O) groups is 2. The maximum absolute atomic E-state index is 12.7. The number of aryl methyl sites for hydroxylation is 1. The van der Waals surface area contributed by atoms with Crippen molar-refractivity contribution >= 4 is 11.8 Å². The van der Waals surface area contributed by atoms with Gasteiger partial charge in [-0.2, -0.15) is 0 Å². The molecule has 2 amide bonds. The second-order valence-electron chi connectivity index (χ2n) is 7.50. The van der Waals surface area contributed by atoms with E-state index in [0.29, 0.717) is 25.5 Å². The number of hydrogen-bond acceptors (Lipinski definition) is 3. The minimum Gasteiger partial charge on any atom is -0.484 e. The van der Waals surface area contributed by atoms with Crippen molar-refractivity contribution in [1.82, 2.24) is 9.80 Å². The molecule has 3 rings (SSSR count). The van der Waals surface area contributed by atoms with Crippen LogP contribution >= 0.6 is 0 Å². The molecule has 0 unspecified atom stereocenters. The number of hydrogen-bond donors (Lipinski definition) is 0. The molecule has 0 N–H and O–H groups in total. The van der Waals surface area contributed by atoms with E-state index in [4.69, 9.17) is 4.74 Å². The fraction of sp³-hybridized carbons (Fsp3) is 0.619. The Kier molecular flexibility index (Phi) is 6.53. The Morgan fingerprint density at radius 1 is 1.00 bits per heavy atom. The molecule has 5 nitrogen and oxygen atoms in total. The summed E-state index contributed by atoms with van der Waals surface area (Å²) in [5.41, 5.74) is 1.11. The van der Waals surface area contributed by atoms with Gasteiger partial charge in [0.1, 0.15) is 5.75 Å². The lowest BCUT2D eigenvalue weighted by Gasteiger charge is -2.28. The third kappa shape index (κ3) is 4.99. The lowest BCUT2D eigenvalue weighted by atomic mass is 9.88. The molecule has 2 fully saturated rings. The van der Waals surface area contributed by atoms with Gasteiger partial charge in [0.05, 0.1) is 0 Å². The zero-order chi connectivity index (χ0) is 18.4. The van der Waals surface area contributed by atoms with Crippen LogP contribution in [-0.2, 0) is 9.59 Å². The number of rotatable bonds is 4. The number of carbonyl (C=O) groups excluding carboxylic acids is 2. The quantitative estimate of drug-likeness (QED) is 0.831. The van der Waals surface area contributed by atoms with Gasteiger partial charge in [0.25, 0.3) is 5.91 Å². The van der Waals surface area contributed by atoms with Gasteiger partial charge in [-0.15, -0.1) is 0 Å². The number of nitrogens with zero attached hydrogens (tertiary/aromatic N) is 2. The fourth-order valence-corrected chi connectivity index (χ4v) is 3.94. The average molecular weight is 358 g/mol. The Morgan fingerprint density at radius 2 is 1.73 bits per heavy atom. The predicted octanol–water partition coefficient (Wildman–Crippen LogP) is 3.02. The Hall–Kier alpha value is -2.04. The van der Waals surface area contributed by atoms with Crippen LogP contribution in [0.25, 0.3) is 0 Å². The van der Waals surface area contributed by atoms with Gasteiger partial charge in [0.2, 0.25) is 5.91 Å². The van der Waals surface area contributed by atoms with Crippen molar-refractivity contribution in [2.75, 3.05) is 32.8 Å². The molecule has 26 heavy (non-hydrogen) atoms. The second kappa shape index (κ2) is 9.06. The Labute approximate surface area is 156 Å². The summed E-state index contributed by atoms with van der Waals surface area (Å²) in [7, 11) is 0. The third-order valence-corrected chi connectivity index (χ3v) is 5.47. The molecule has 1 heterocycles. The highest BCUT2D eigenvalue weighted by Gasteiger charge is 2.28. The van der Waals surface area contributed by atoms with Crippen molar-refractivity contribution in [3.8, 4) is 5.75 Å². The van der Waals surface area contributed by atoms with Crippen LogP contribution in [-0.4, -0.2) is 54.4 Å². The summed E-state index contributed by atoms with van der Waals surface area (Å²) in [6, 6.07) is 7.73. The van der Waals surface area contributed by atoms with Gasteiger partial charge < -0.3 is 14.5 Å². The lowest BCUT2D eigenvalue weighted by Crippen LogP contribution is -2.41. The summed E-state index contributed by atoms with van der Waals surface area (Å²) in [4.78, 5) is 29.0. The minimum atomic E-state index is -0.00142. The Balaban J connectivity index is 1.48. The van der Waals surface area contributed by atoms with Crippen molar-refractivity contribution in [3.05, 3.63) is 29.8 Å². The highest BCUT2D eigenvalue weighted by Crippen LogP contribution is 2.25. The predicted molar refractivity (Wildman–Crippen MR) is 101 cm³/mol. The van der Waals surface area contributed by atoms with Gasteiger partial charge >= 0.3 is 0 Å². The molecule has 0 atom stereocenters. The molecule has 1 saturated heterocycles. The average Bonchev–Trinajstić information content (AvgIpc) is 2.92. The first kappa shape index (κ1) is 18.7. The van der Waals surface area contributed by atoms with E-state index in [1.165, 1.54) is 19.3 Å². The molecule has 1 saturated carbocycles. The number of ether oxygens (including phenoxy) is 1. The molecule has 0 spiro atoms. The standard InChI is InChI=1S/C21H30N2O3/c1-17-7-5-10-19(15-17)26-16-20(24)22-11-6-12-23(14-13-22)21(25)18-8-3-2-4-9-18/h5,7,10,15,18H,2-4,6,8-9,11-14,16H2,1H3. The SMILES string of the molecule is Cc1cccc(OCC(=O)N2CCCN(C(=O)C3CCCCC3)CC2)c1. The van der Waals surface area contributed by atoms with Crippen molar-refractivity contribution in [3.63, 3.8) is 0 Å². The molecule has 1 aliphatic heterocycles. The fourth-order valence-electron chi connectivity index (χ4n) is 3.94. The maximum Gasteiger partial charge on any atom is 0.260 e. The van der Waals surface area contributed by atoms with Crippen molar-refractivity contribution < 1.29 is 14.3 Å². The molecule has 142 valence electrons. The second-order valence-corrected chi connectivity index (χ2v) is 7.50. The summed E-state index contributed by atoms with van der Waals surface area (Å²) < 4.78 is 5.64. The summed E-state index contributed by atoms with van der Waals surface area (Å²) in [6.45, 7) is 4.77. The van der Waals surface area contributed by atoms with E-state index in [1.54, 1.807) is 0 Å². The molecular weight excluding hydrogens is 328 g/mol. The van der Waals surface area contributed by atoms with Gasteiger partial charge in [-0.25, -0.2) is 0 Å². The van der Waals surface area contributed by atoms with E-state index in [0.717, 1.165) is 37.1 Å². The van der Waals surface area contributed by atoms with E-state index in [9.17, 15) is 9.59 Å². The summed E-state index contributed by atoms with van der Waals surface area (Å²) in [5, 5.41) is 0. The number of benzene rings is 1. The highest BCUT2D eigenvalue weighted by molar-refractivity contribution is 5.80.